The number of rotatable bonds is 50. The molecule has 0 radical (unpaired) electrons. The van der Waals surface area contributed by atoms with Crippen molar-refractivity contribution in [2.45, 2.75) is 360 Å². The van der Waals surface area contributed by atoms with E-state index in [-0.39, 0.29) is 0 Å². The molecule has 1 aliphatic carbocycles. The molecular weight excluding hydrogens is 685 g/mol. The molecule has 0 heterocycles. The predicted molar refractivity (Wildman–Crippen MR) is 263 cm³/mol. The predicted octanol–water partition coefficient (Wildman–Crippen LogP) is 22.1. The smallest absolute Gasteiger partial charge is 0.0414 e. The molecule has 0 atom stereocenters. The van der Waals surface area contributed by atoms with Crippen LogP contribution < -0.4 is 0 Å². The molecular formula is C57H114. The van der Waals surface area contributed by atoms with E-state index in [9.17, 15) is 0 Å². The molecule has 0 nitrogen and oxygen atoms in total. The summed E-state index contributed by atoms with van der Waals surface area (Å²) in [5, 5.41) is 0. The van der Waals surface area contributed by atoms with Crippen molar-refractivity contribution < 1.29 is 0 Å². The maximum atomic E-state index is 2.31. The average molecular weight is 800 g/mol. The highest BCUT2D eigenvalue weighted by atomic mass is 14.2. The van der Waals surface area contributed by atoms with Gasteiger partial charge in [0.25, 0.3) is 0 Å². The molecule has 0 N–H and O–H groups in total. The summed E-state index contributed by atoms with van der Waals surface area (Å²) in [4.78, 5) is 0. The van der Waals surface area contributed by atoms with Gasteiger partial charge in [-0.25, -0.2) is 0 Å². The molecule has 0 unspecified atom stereocenters. The van der Waals surface area contributed by atoms with Gasteiger partial charge in [-0.3, -0.25) is 0 Å². The minimum Gasteiger partial charge on any atom is -0.0654 e. The lowest BCUT2D eigenvalue weighted by atomic mass is 9.85. The second-order valence-electron chi connectivity index (χ2n) is 20.3. The Morgan fingerprint density at radius 3 is 0.526 bits per heavy atom. The fraction of sp³-hybridized carbons (Fsp3) is 1.00. The fourth-order valence-electron chi connectivity index (χ4n) is 10.3. The van der Waals surface area contributed by atoms with Crippen molar-refractivity contribution in [1.82, 2.24) is 0 Å². The summed E-state index contributed by atoms with van der Waals surface area (Å²) in [6.45, 7) is 2.31. The highest BCUT2D eigenvalue weighted by Gasteiger charge is 2.12. The topological polar surface area (TPSA) is 0 Å². The van der Waals surface area contributed by atoms with Crippen molar-refractivity contribution in [1.29, 1.82) is 0 Å². The maximum absolute atomic E-state index is 2.31. The first-order valence-corrected chi connectivity index (χ1v) is 28.4. The summed E-state index contributed by atoms with van der Waals surface area (Å²) >= 11 is 0. The van der Waals surface area contributed by atoms with E-state index in [0.29, 0.717) is 0 Å². The van der Waals surface area contributed by atoms with E-state index < -0.39 is 0 Å². The molecule has 0 bridgehead atoms. The second-order valence-corrected chi connectivity index (χ2v) is 20.3. The van der Waals surface area contributed by atoms with Crippen LogP contribution in [0.15, 0.2) is 0 Å². The highest BCUT2D eigenvalue weighted by molar-refractivity contribution is 4.66. The van der Waals surface area contributed by atoms with Crippen LogP contribution in [-0.4, -0.2) is 0 Å². The maximum Gasteiger partial charge on any atom is -0.0414 e. The molecule has 0 heteroatoms. The first kappa shape index (κ1) is 55.0. The summed E-state index contributed by atoms with van der Waals surface area (Å²) in [5.41, 5.74) is 0. The third-order valence-corrected chi connectivity index (χ3v) is 14.4. The van der Waals surface area contributed by atoms with Gasteiger partial charge >= 0.3 is 0 Å². The SMILES string of the molecule is CCCCCCCCCCCCCCCCCCCCCCCCCCCCCCCCCCCCCCCCCCCCCCCCCCCC1CCCCC1. The average Bonchev–Trinajstić information content (AvgIpc) is 3.23. The normalized spacial score (nSPS) is 13.6. The largest absolute Gasteiger partial charge is 0.0654 e. The van der Waals surface area contributed by atoms with Gasteiger partial charge < -0.3 is 0 Å². The van der Waals surface area contributed by atoms with Crippen LogP contribution in [0.2, 0.25) is 0 Å². The van der Waals surface area contributed by atoms with E-state index in [4.69, 9.17) is 0 Å². The molecule has 1 fully saturated rings. The van der Waals surface area contributed by atoms with E-state index in [1.165, 1.54) is 334 Å². The van der Waals surface area contributed by atoms with E-state index in [1.807, 2.05) is 0 Å². The highest BCUT2D eigenvalue weighted by Crippen LogP contribution is 2.28. The van der Waals surface area contributed by atoms with Crippen molar-refractivity contribution in [3.63, 3.8) is 0 Å². The first-order chi connectivity index (χ1) is 28.4. The van der Waals surface area contributed by atoms with Gasteiger partial charge in [0, 0.05) is 0 Å². The van der Waals surface area contributed by atoms with Gasteiger partial charge in [-0.2, -0.15) is 0 Å². The quantitative estimate of drug-likeness (QED) is 0.0538. The van der Waals surface area contributed by atoms with Gasteiger partial charge in [0.05, 0.1) is 0 Å². The molecule has 0 aromatic rings. The van der Waals surface area contributed by atoms with E-state index in [2.05, 4.69) is 6.92 Å². The molecule has 342 valence electrons. The van der Waals surface area contributed by atoms with Crippen molar-refractivity contribution >= 4 is 0 Å². The molecule has 1 aliphatic rings. The molecule has 0 aliphatic heterocycles. The van der Waals surface area contributed by atoms with Crippen LogP contribution in [0.1, 0.15) is 360 Å². The van der Waals surface area contributed by atoms with E-state index in [1.54, 1.807) is 19.3 Å². The van der Waals surface area contributed by atoms with E-state index >= 15 is 0 Å². The van der Waals surface area contributed by atoms with Crippen LogP contribution in [0.3, 0.4) is 0 Å². The Bertz CT molecular complexity index is 674. The Morgan fingerprint density at radius 1 is 0.193 bits per heavy atom. The molecule has 0 aromatic carbocycles. The molecule has 0 aromatic heterocycles. The summed E-state index contributed by atoms with van der Waals surface area (Å²) in [7, 11) is 0. The van der Waals surface area contributed by atoms with Crippen LogP contribution in [0.5, 0.6) is 0 Å². The van der Waals surface area contributed by atoms with Gasteiger partial charge in [-0.05, 0) is 5.92 Å². The van der Waals surface area contributed by atoms with Crippen LogP contribution in [-0.2, 0) is 0 Å². The second kappa shape index (κ2) is 50.4. The third kappa shape index (κ3) is 46.9. The standard InChI is InChI=1S/C57H114/c1-2-3-4-5-6-7-8-9-10-11-12-13-14-15-16-17-18-19-20-21-22-23-24-25-26-27-28-29-30-31-32-33-34-35-36-37-38-39-40-41-42-43-44-45-46-47-48-49-51-54-57-55-52-50-53-56-57/h57H,2-56H2,1H3. The zero-order chi connectivity index (χ0) is 40.5. The van der Waals surface area contributed by atoms with Crippen molar-refractivity contribution in [3.8, 4) is 0 Å². The number of hydrogen-bond donors (Lipinski definition) is 0. The molecule has 0 saturated heterocycles. The molecule has 0 amide bonds. The lowest BCUT2D eigenvalue weighted by Crippen LogP contribution is -2.05. The third-order valence-electron chi connectivity index (χ3n) is 14.4. The lowest BCUT2D eigenvalue weighted by molar-refractivity contribution is 0.328. The van der Waals surface area contributed by atoms with Gasteiger partial charge in [0.2, 0.25) is 0 Å². The summed E-state index contributed by atoms with van der Waals surface area (Å²) in [5.74, 6) is 1.10. The molecule has 1 saturated carbocycles. The van der Waals surface area contributed by atoms with Crippen molar-refractivity contribution in [2.75, 3.05) is 0 Å². The monoisotopic (exact) mass is 799 g/mol. The van der Waals surface area contributed by atoms with Crippen molar-refractivity contribution in [2.24, 2.45) is 5.92 Å². The molecule has 1 rings (SSSR count). The summed E-state index contributed by atoms with van der Waals surface area (Å²) < 4.78 is 0. The lowest BCUT2D eigenvalue weighted by Gasteiger charge is -2.21. The van der Waals surface area contributed by atoms with Crippen LogP contribution in [0.25, 0.3) is 0 Å². The summed E-state index contributed by atoms with van der Waals surface area (Å²) in [6, 6.07) is 0. The van der Waals surface area contributed by atoms with Gasteiger partial charge in [0.1, 0.15) is 0 Å². The van der Waals surface area contributed by atoms with Crippen LogP contribution in [0.4, 0.5) is 0 Å². The van der Waals surface area contributed by atoms with Crippen molar-refractivity contribution in [3.05, 3.63) is 0 Å². The minimum absolute atomic E-state index is 1.10. The fourth-order valence-corrected chi connectivity index (χ4v) is 10.3. The van der Waals surface area contributed by atoms with Gasteiger partial charge in [-0.15, -0.1) is 0 Å². The van der Waals surface area contributed by atoms with Gasteiger partial charge in [-0.1, -0.05) is 360 Å². The Labute approximate surface area is 364 Å². The molecule has 57 heavy (non-hydrogen) atoms. The number of unbranched alkanes of at least 4 members (excludes halogenated alkanes) is 48. The Morgan fingerprint density at radius 2 is 0.351 bits per heavy atom. The Kier molecular flexibility index (Phi) is 48.6. The van der Waals surface area contributed by atoms with E-state index in [0.717, 1.165) is 5.92 Å². The first-order valence-electron chi connectivity index (χ1n) is 28.4. The molecule has 0 spiro atoms. The number of hydrogen-bond acceptors (Lipinski definition) is 0. The Hall–Kier alpha value is 0. The van der Waals surface area contributed by atoms with Crippen LogP contribution in [0, 0.1) is 5.92 Å². The Balaban J connectivity index is 1.59. The van der Waals surface area contributed by atoms with Crippen LogP contribution >= 0.6 is 0 Å². The zero-order valence-corrected chi connectivity index (χ0v) is 40.5. The summed E-state index contributed by atoms with van der Waals surface area (Å²) in [6.07, 6.45) is 82.4. The zero-order valence-electron chi connectivity index (χ0n) is 40.5. The van der Waals surface area contributed by atoms with Gasteiger partial charge in [0.15, 0.2) is 0 Å². The minimum atomic E-state index is 1.10.